The molecule has 0 bridgehead atoms. The first-order valence-electron chi connectivity index (χ1n) is 6.68. The van der Waals surface area contributed by atoms with Gasteiger partial charge in [-0.15, -0.1) is 17.8 Å². The van der Waals surface area contributed by atoms with Crippen LogP contribution in [0.15, 0.2) is 29.6 Å². The number of hydrogen-bond donors (Lipinski definition) is 2. The third kappa shape index (κ3) is 3.16. The van der Waals surface area contributed by atoms with Gasteiger partial charge in [-0.05, 0) is 28.8 Å². The zero-order chi connectivity index (χ0) is 13.7. The molecule has 0 amide bonds. The smallest absolute Gasteiger partial charge is 0.0692 e. The molecule has 1 heterocycles. The van der Waals surface area contributed by atoms with Crippen molar-refractivity contribution < 1.29 is 0 Å². The van der Waals surface area contributed by atoms with Crippen molar-refractivity contribution in [3.63, 3.8) is 0 Å². The quantitative estimate of drug-likeness (QED) is 0.792. The van der Waals surface area contributed by atoms with Crippen LogP contribution in [0.1, 0.15) is 31.4 Å². The Kier molecular flexibility index (Phi) is 4.98. The highest BCUT2D eigenvalue weighted by molar-refractivity contribution is 7.17. The van der Waals surface area contributed by atoms with E-state index in [4.69, 9.17) is 12.2 Å². The third-order valence-corrected chi connectivity index (χ3v) is 4.28. The fourth-order valence-corrected chi connectivity index (χ4v) is 3.31. The minimum absolute atomic E-state index is 0.0946. The molecular weight excluding hydrogens is 252 g/mol. The van der Waals surface area contributed by atoms with Crippen molar-refractivity contribution in [3.05, 3.63) is 35.2 Å². The van der Waals surface area contributed by atoms with Gasteiger partial charge in [0.15, 0.2) is 0 Å². The molecule has 0 radical (unpaired) electrons. The van der Waals surface area contributed by atoms with Crippen molar-refractivity contribution in [2.75, 3.05) is 6.54 Å². The molecule has 0 aliphatic carbocycles. The highest BCUT2D eigenvalue weighted by Crippen LogP contribution is 2.30. The highest BCUT2D eigenvalue weighted by Gasteiger charge is 2.17. The molecule has 0 saturated carbocycles. The van der Waals surface area contributed by atoms with E-state index in [1.54, 1.807) is 11.3 Å². The second-order valence-corrected chi connectivity index (χ2v) is 5.56. The Morgan fingerprint density at radius 1 is 1.42 bits per heavy atom. The van der Waals surface area contributed by atoms with Crippen LogP contribution in [-0.2, 0) is 0 Å². The SMILES string of the molecule is C#CC(CCC)NC(CN)c1csc2ccccc12. The lowest BCUT2D eigenvalue weighted by atomic mass is 10.0. The van der Waals surface area contributed by atoms with Crippen LogP contribution in [-0.4, -0.2) is 12.6 Å². The Morgan fingerprint density at radius 3 is 2.89 bits per heavy atom. The lowest BCUT2D eigenvalue weighted by Gasteiger charge is -2.21. The molecule has 1 aromatic heterocycles. The number of nitrogens with one attached hydrogen (secondary N) is 1. The van der Waals surface area contributed by atoms with Crippen molar-refractivity contribution in [1.29, 1.82) is 0 Å². The number of hydrogen-bond acceptors (Lipinski definition) is 3. The summed E-state index contributed by atoms with van der Waals surface area (Å²) in [7, 11) is 0. The van der Waals surface area contributed by atoms with Gasteiger partial charge >= 0.3 is 0 Å². The first-order chi connectivity index (χ1) is 9.30. The van der Waals surface area contributed by atoms with E-state index >= 15 is 0 Å². The molecule has 0 saturated heterocycles. The van der Waals surface area contributed by atoms with Crippen LogP contribution in [0.5, 0.6) is 0 Å². The number of terminal acetylenes is 1. The largest absolute Gasteiger partial charge is 0.329 e. The molecule has 100 valence electrons. The summed E-state index contributed by atoms with van der Waals surface area (Å²) in [6.45, 7) is 2.70. The van der Waals surface area contributed by atoms with Crippen LogP contribution in [0, 0.1) is 12.3 Å². The van der Waals surface area contributed by atoms with Crippen LogP contribution in [0.25, 0.3) is 10.1 Å². The van der Waals surface area contributed by atoms with E-state index in [2.05, 4.69) is 47.8 Å². The molecule has 19 heavy (non-hydrogen) atoms. The molecule has 2 nitrogen and oxygen atoms in total. The number of fused-ring (bicyclic) bond motifs is 1. The van der Waals surface area contributed by atoms with Gasteiger partial charge in [0.2, 0.25) is 0 Å². The van der Waals surface area contributed by atoms with E-state index in [1.165, 1.54) is 15.6 Å². The van der Waals surface area contributed by atoms with Crippen molar-refractivity contribution in [3.8, 4) is 12.3 Å². The third-order valence-electron chi connectivity index (χ3n) is 3.30. The van der Waals surface area contributed by atoms with E-state index in [9.17, 15) is 0 Å². The molecule has 2 unspecified atom stereocenters. The van der Waals surface area contributed by atoms with Crippen LogP contribution >= 0.6 is 11.3 Å². The molecule has 3 heteroatoms. The summed E-state index contributed by atoms with van der Waals surface area (Å²) < 4.78 is 1.30. The van der Waals surface area contributed by atoms with Crippen LogP contribution < -0.4 is 11.1 Å². The van der Waals surface area contributed by atoms with Gasteiger partial charge in [0, 0.05) is 17.3 Å². The van der Waals surface area contributed by atoms with Gasteiger partial charge in [-0.2, -0.15) is 0 Å². The van der Waals surface area contributed by atoms with E-state index in [0.29, 0.717) is 6.54 Å². The summed E-state index contributed by atoms with van der Waals surface area (Å²) in [5.41, 5.74) is 7.19. The van der Waals surface area contributed by atoms with E-state index < -0.39 is 0 Å². The molecule has 2 rings (SSSR count). The van der Waals surface area contributed by atoms with Crippen LogP contribution in [0.2, 0.25) is 0 Å². The zero-order valence-corrected chi connectivity index (χ0v) is 12.0. The predicted molar refractivity (Wildman–Crippen MR) is 84.3 cm³/mol. The molecule has 2 atom stereocenters. The van der Waals surface area contributed by atoms with Crippen molar-refractivity contribution in [2.45, 2.75) is 31.8 Å². The van der Waals surface area contributed by atoms with E-state index in [1.807, 2.05) is 0 Å². The Labute approximate surface area is 119 Å². The summed E-state index contributed by atoms with van der Waals surface area (Å²) >= 11 is 1.76. The van der Waals surface area contributed by atoms with Gasteiger partial charge in [-0.25, -0.2) is 0 Å². The molecule has 1 aromatic carbocycles. The first-order valence-corrected chi connectivity index (χ1v) is 7.56. The maximum Gasteiger partial charge on any atom is 0.0692 e. The molecule has 0 fully saturated rings. The summed E-state index contributed by atoms with van der Waals surface area (Å²) in [5, 5.41) is 6.96. The zero-order valence-electron chi connectivity index (χ0n) is 11.2. The first kappa shape index (κ1) is 14.1. The number of nitrogens with two attached hydrogens (primary N) is 1. The van der Waals surface area contributed by atoms with Gasteiger partial charge in [-0.1, -0.05) is 37.5 Å². The molecule has 2 aromatic rings. The summed E-state index contributed by atoms with van der Waals surface area (Å²) in [6, 6.07) is 8.64. The minimum atomic E-state index is 0.0946. The van der Waals surface area contributed by atoms with Crippen LogP contribution in [0.4, 0.5) is 0 Å². The van der Waals surface area contributed by atoms with Gasteiger partial charge in [0.1, 0.15) is 0 Å². The average Bonchev–Trinajstić information content (AvgIpc) is 2.87. The predicted octanol–water partition coefficient (Wildman–Crippen LogP) is 3.29. The van der Waals surface area contributed by atoms with E-state index in [0.717, 1.165) is 12.8 Å². The second kappa shape index (κ2) is 6.72. The summed E-state index contributed by atoms with van der Waals surface area (Å²) in [4.78, 5) is 0. The van der Waals surface area contributed by atoms with Crippen LogP contribution in [0.3, 0.4) is 0 Å². The Morgan fingerprint density at radius 2 is 2.21 bits per heavy atom. The lowest BCUT2D eigenvalue weighted by Crippen LogP contribution is -2.35. The monoisotopic (exact) mass is 272 g/mol. The highest BCUT2D eigenvalue weighted by atomic mass is 32.1. The van der Waals surface area contributed by atoms with Gasteiger partial charge in [0.25, 0.3) is 0 Å². The molecule has 3 N–H and O–H groups in total. The maximum absolute atomic E-state index is 5.93. The van der Waals surface area contributed by atoms with Gasteiger partial charge < -0.3 is 5.73 Å². The van der Waals surface area contributed by atoms with Gasteiger partial charge in [-0.3, -0.25) is 5.32 Å². The fourth-order valence-electron chi connectivity index (χ4n) is 2.30. The maximum atomic E-state index is 5.93. The number of rotatable bonds is 6. The Hall–Kier alpha value is -1.34. The molecule has 0 aliphatic heterocycles. The van der Waals surface area contributed by atoms with E-state index in [-0.39, 0.29) is 12.1 Å². The minimum Gasteiger partial charge on any atom is -0.329 e. The lowest BCUT2D eigenvalue weighted by molar-refractivity contribution is 0.478. The molecule has 0 spiro atoms. The van der Waals surface area contributed by atoms with Crippen molar-refractivity contribution >= 4 is 21.4 Å². The summed E-state index contributed by atoms with van der Waals surface area (Å²) in [6.07, 6.45) is 7.63. The summed E-state index contributed by atoms with van der Waals surface area (Å²) in [5.74, 6) is 2.81. The normalized spacial score (nSPS) is 14.2. The topological polar surface area (TPSA) is 38.0 Å². The van der Waals surface area contributed by atoms with Crippen molar-refractivity contribution in [1.82, 2.24) is 5.32 Å². The standard InChI is InChI=1S/C16H20N2S/c1-3-7-12(4-2)18-15(10-17)14-11-19-16-9-6-5-8-13(14)16/h2,5-6,8-9,11-12,15,18H,3,7,10,17H2,1H3. The Bertz CT molecular complexity index is 567. The number of thiophene rings is 1. The molecular formula is C16H20N2S. The Balaban J connectivity index is 2.24. The average molecular weight is 272 g/mol. The fraction of sp³-hybridized carbons (Fsp3) is 0.375. The second-order valence-electron chi connectivity index (χ2n) is 4.65. The van der Waals surface area contributed by atoms with Crippen molar-refractivity contribution in [2.24, 2.45) is 5.73 Å². The molecule has 0 aliphatic rings. The number of benzene rings is 1. The van der Waals surface area contributed by atoms with Gasteiger partial charge in [0.05, 0.1) is 6.04 Å².